The monoisotopic (exact) mass is 481 g/mol. The smallest absolute Gasteiger partial charge is 0.235 e. The molecular formula is C24H24BrN3OS. The maximum atomic E-state index is 14.2. The van der Waals surface area contributed by atoms with E-state index in [4.69, 9.17) is 4.98 Å². The molecular weight excluding hydrogens is 458 g/mol. The molecule has 4 aliphatic rings. The minimum atomic E-state index is -0.192. The number of halogens is 1. The highest BCUT2D eigenvalue weighted by molar-refractivity contribution is 9.10. The Morgan fingerprint density at radius 3 is 2.50 bits per heavy atom. The topological polar surface area (TPSA) is 46.1 Å². The van der Waals surface area contributed by atoms with Gasteiger partial charge in [0.15, 0.2) is 5.13 Å². The summed E-state index contributed by atoms with van der Waals surface area (Å²) in [5, 5.41) is 0.800. The Morgan fingerprint density at radius 1 is 1.10 bits per heavy atom. The van der Waals surface area contributed by atoms with Crippen LogP contribution in [0.2, 0.25) is 0 Å². The molecule has 2 aromatic heterocycles. The molecule has 4 aliphatic carbocycles. The molecule has 4 bridgehead atoms. The summed E-state index contributed by atoms with van der Waals surface area (Å²) in [6.07, 6.45) is 9.00. The zero-order chi connectivity index (χ0) is 20.3. The first kappa shape index (κ1) is 18.9. The van der Waals surface area contributed by atoms with Gasteiger partial charge in [0.1, 0.15) is 0 Å². The summed E-state index contributed by atoms with van der Waals surface area (Å²) in [7, 11) is 0. The Labute approximate surface area is 188 Å². The average Bonchev–Trinajstić information content (AvgIpc) is 3.14. The van der Waals surface area contributed by atoms with Gasteiger partial charge >= 0.3 is 0 Å². The van der Waals surface area contributed by atoms with Crippen molar-refractivity contribution in [3.8, 4) is 0 Å². The molecule has 4 fully saturated rings. The maximum Gasteiger partial charge on any atom is 0.235 e. The molecule has 0 N–H and O–H groups in total. The molecule has 0 aliphatic heterocycles. The Bertz CT molecular complexity index is 1080. The fraction of sp³-hybridized carbons (Fsp3) is 0.458. The van der Waals surface area contributed by atoms with Gasteiger partial charge in [-0.05, 0) is 86.6 Å². The SMILES string of the molecule is O=C(N(Cc1ccccn1)c1nc2ccc(Br)cc2s1)C12CC3CC(CC(C3)C1)C2. The van der Waals surface area contributed by atoms with Gasteiger partial charge in [0.05, 0.1) is 27.9 Å². The Kier molecular flexibility index (Phi) is 4.50. The minimum Gasteiger partial charge on any atom is -0.282 e. The molecule has 154 valence electrons. The number of nitrogens with zero attached hydrogens (tertiary/aromatic N) is 3. The highest BCUT2D eigenvalue weighted by Gasteiger charge is 2.56. The van der Waals surface area contributed by atoms with E-state index in [-0.39, 0.29) is 11.3 Å². The molecule has 6 heteroatoms. The van der Waals surface area contributed by atoms with Crippen LogP contribution in [0.15, 0.2) is 47.1 Å². The molecule has 0 saturated heterocycles. The van der Waals surface area contributed by atoms with E-state index in [1.54, 1.807) is 17.5 Å². The Morgan fingerprint density at radius 2 is 1.83 bits per heavy atom. The molecule has 0 spiro atoms. The molecule has 0 atom stereocenters. The number of amides is 1. The van der Waals surface area contributed by atoms with Crippen molar-refractivity contribution in [2.45, 2.75) is 45.1 Å². The fourth-order valence-electron chi connectivity index (χ4n) is 6.54. The first-order chi connectivity index (χ1) is 14.6. The highest BCUT2D eigenvalue weighted by Crippen LogP contribution is 2.60. The van der Waals surface area contributed by atoms with E-state index in [0.29, 0.717) is 6.54 Å². The molecule has 0 radical (unpaired) electrons. The van der Waals surface area contributed by atoms with Crippen LogP contribution in [-0.2, 0) is 11.3 Å². The molecule has 0 unspecified atom stereocenters. The van der Waals surface area contributed by atoms with Crippen LogP contribution in [-0.4, -0.2) is 15.9 Å². The van der Waals surface area contributed by atoms with Crippen LogP contribution in [0.25, 0.3) is 10.2 Å². The van der Waals surface area contributed by atoms with Crippen molar-refractivity contribution < 1.29 is 4.79 Å². The van der Waals surface area contributed by atoms with E-state index in [9.17, 15) is 4.79 Å². The molecule has 2 heterocycles. The van der Waals surface area contributed by atoms with Crippen LogP contribution >= 0.6 is 27.3 Å². The molecule has 30 heavy (non-hydrogen) atoms. The summed E-state index contributed by atoms with van der Waals surface area (Å²) in [6, 6.07) is 12.0. The van der Waals surface area contributed by atoms with Crippen LogP contribution in [0.5, 0.6) is 0 Å². The highest BCUT2D eigenvalue weighted by atomic mass is 79.9. The lowest BCUT2D eigenvalue weighted by molar-refractivity contribution is -0.143. The summed E-state index contributed by atoms with van der Waals surface area (Å²) in [4.78, 5) is 25.5. The van der Waals surface area contributed by atoms with Crippen molar-refractivity contribution in [3.05, 3.63) is 52.8 Å². The van der Waals surface area contributed by atoms with E-state index in [1.165, 1.54) is 19.3 Å². The van der Waals surface area contributed by atoms with E-state index >= 15 is 0 Å². The van der Waals surface area contributed by atoms with E-state index in [2.05, 4.69) is 27.0 Å². The number of fused-ring (bicyclic) bond motifs is 1. The lowest BCUT2D eigenvalue weighted by Gasteiger charge is -2.56. The first-order valence-electron chi connectivity index (χ1n) is 10.9. The lowest BCUT2D eigenvalue weighted by Crippen LogP contribution is -2.54. The van der Waals surface area contributed by atoms with Crippen molar-refractivity contribution in [1.82, 2.24) is 9.97 Å². The van der Waals surface area contributed by atoms with Gasteiger partial charge in [0.2, 0.25) is 5.91 Å². The molecule has 4 saturated carbocycles. The summed E-state index contributed by atoms with van der Waals surface area (Å²) in [5.41, 5.74) is 1.67. The van der Waals surface area contributed by atoms with Gasteiger partial charge in [-0.3, -0.25) is 14.7 Å². The maximum absolute atomic E-state index is 14.2. The van der Waals surface area contributed by atoms with Gasteiger partial charge < -0.3 is 0 Å². The number of aromatic nitrogens is 2. The van der Waals surface area contributed by atoms with Crippen LogP contribution < -0.4 is 4.90 Å². The van der Waals surface area contributed by atoms with Crippen molar-refractivity contribution >= 4 is 48.5 Å². The number of thiazole rings is 1. The molecule has 3 aromatic rings. The van der Waals surface area contributed by atoms with E-state index < -0.39 is 0 Å². The van der Waals surface area contributed by atoms with Crippen LogP contribution in [0, 0.1) is 23.2 Å². The van der Waals surface area contributed by atoms with Crippen molar-refractivity contribution in [1.29, 1.82) is 0 Å². The van der Waals surface area contributed by atoms with Crippen LogP contribution in [0.4, 0.5) is 5.13 Å². The number of hydrogen-bond acceptors (Lipinski definition) is 4. The Hall–Kier alpha value is -1.79. The summed E-state index contributed by atoms with van der Waals surface area (Å²) in [5.74, 6) is 2.50. The average molecular weight is 482 g/mol. The predicted molar refractivity (Wildman–Crippen MR) is 123 cm³/mol. The quantitative estimate of drug-likeness (QED) is 0.445. The number of pyridine rings is 1. The van der Waals surface area contributed by atoms with E-state index in [0.717, 1.165) is 62.5 Å². The second-order valence-corrected chi connectivity index (χ2v) is 11.4. The number of benzene rings is 1. The number of hydrogen-bond donors (Lipinski definition) is 0. The predicted octanol–water partition coefficient (Wildman–Crippen LogP) is 6.20. The summed E-state index contributed by atoms with van der Waals surface area (Å²) < 4.78 is 2.14. The third-order valence-corrected chi connectivity index (χ3v) is 8.89. The summed E-state index contributed by atoms with van der Waals surface area (Å²) >= 11 is 5.17. The van der Waals surface area contributed by atoms with Crippen molar-refractivity contribution in [2.75, 3.05) is 4.90 Å². The zero-order valence-corrected chi connectivity index (χ0v) is 19.2. The minimum absolute atomic E-state index is 0.192. The largest absolute Gasteiger partial charge is 0.282 e. The zero-order valence-electron chi connectivity index (χ0n) is 16.8. The first-order valence-corrected chi connectivity index (χ1v) is 12.5. The van der Waals surface area contributed by atoms with E-state index in [1.807, 2.05) is 35.2 Å². The van der Waals surface area contributed by atoms with Crippen LogP contribution in [0.3, 0.4) is 0 Å². The van der Waals surface area contributed by atoms with Gasteiger partial charge in [-0.15, -0.1) is 0 Å². The number of anilines is 1. The van der Waals surface area contributed by atoms with Gasteiger partial charge in [0, 0.05) is 10.7 Å². The molecule has 4 nitrogen and oxygen atoms in total. The molecule has 1 amide bonds. The van der Waals surface area contributed by atoms with Gasteiger partial charge in [0.25, 0.3) is 0 Å². The Balaban J connectivity index is 1.41. The number of carbonyl (C=O) groups is 1. The fourth-order valence-corrected chi connectivity index (χ4v) is 8.06. The third-order valence-electron chi connectivity index (χ3n) is 7.35. The van der Waals surface area contributed by atoms with Crippen LogP contribution in [0.1, 0.15) is 44.2 Å². The molecule has 7 rings (SSSR count). The second kappa shape index (κ2) is 7.13. The second-order valence-electron chi connectivity index (χ2n) is 9.52. The van der Waals surface area contributed by atoms with Gasteiger partial charge in [-0.25, -0.2) is 4.98 Å². The van der Waals surface area contributed by atoms with Gasteiger partial charge in [-0.1, -0.05) is 33.3 Å². The van der Waals surface area contributed by atoms with Gasteiger partial charge in [-0.2, -0.15) is 0 Å². The van der Waals surface area contributed by atoms with Crippen molar-refractivity contribution in [3.63, 3.8) is 0 Å². The molecule has 1 aromatic carbocycles. The standard InChI is InChI=1S/C24H24BrN3OS/c25-18-4-5-20-21(10-18)30-23(27-20)28(14-19-3-1-2-6-26-19)22(29)24-11-15-7-16(12-24)9-17(8-15)13-24/h1-6,10,15-17H,7-9,11-14H2. The lowest BCUT2D eigenvalue weighted by atomic mass is 9.49. The summed E-state index contributed by atoms with van der Waals surface area (Å²) in [6.45, 7) is 0.489. The van der Waals surface area contributed by atoms with Crippen molar-refractivity contribution in [2.24, 2.45) is 23.2 Å². The normalized spacial score (nSPS) is 29.4. The third kappa shape index (κ3) is 3.19. The number of carbonyl (C=O) groups excluding carboxylic acids is 1. The number of rotatable bonds is 4.